The average Bonchev–Trinajstić information content (AvgIpc) is 3.06. The summed E-state index contributed by atoms with van der Waals surface area (Å²) < 4.78 is 13.2. The predicted octanol–water partition coefficient (Wildman–Crippen LogP) is 1.44. The Labute approximate surface area is 119 Å². The third-order valence-electron chi connectivity index (χ3n) is 4.63. The molecule has 1 atom stereocenters. The Morgan fingerprint density at radius 1 is 1.45 bits per heavy atom. The van der Waals surface area contributed by atoms with Crippen molar-refractivity contribution >= 4 is 5.91 Å². The molecule has 3 rings (SSSR count). The van der Waals surface area contributed by atoms with Crippen LogP contribution in [-0.2, 0) is 16.5 Å². The van der Waals surface area contributed by atoms with E-state index in [1.54, 1.807) is 7.11 Å². The lowest BCUT2D eigenvalue weighted by atomic mass is 9.88. The van der Waals surface area contributed by atoms with Gasteiger partial charge in [0.15, 0.2) is 0 Å². The van der Waals surface area contributed by atoms with Crippen molar-refractivity contribution in [3.8, 4) is 0 Å². The SMILES string of the molecule is CO[C@H]1COC2(CCN(C(=O)c3cccn3C)CC2)C1. The smallest absolute Gasteiger partial charge is 0.270 e. The van der Waals surface area contributed by atoms with E-state index in [9.17, 15) is 4.79 Å². The molecule has 0 unspecified atom stereocenters. The number of carbonyl (C=O) groups excluding carboxylic acids is 1. The molecule has 1 aromatic rings. The molecule has 2 saturated heterocycles. The van der Waals surface area contributed by atoms with E-state index < -0.39 is 0 Å². The lowest BCUT2D eigenvalue weighted by molar-refractivity contribution is -0.0403. The summed E-state index contributed by atoms with van der Waals surface area (Å²) in [5.74, 6) is 0.119. The van der Waals surface area contributed by atoms with E-state index in [1.807, 2.05) is 34.8 Å². The second-order valence-electron chi connectivity index (χ2n) is 5.85. The van der Waals surface area contributed by atoms with E-state index >= 15 is 0 Å². The first kappa shape index (κ1) is 13.6. The largest absolute Gasteiger partial charge is 0.379 e. The van der Waals surface area contributed by atoms with Gasteiger partial charge in [-0.3, -0.25) is 4.79 Å². The van der Waals surface area contributed by atoms with Gasteiger partial charge in [0.2, 0.25) is 0 Å². The van der Waals surface area contributed by atoms with Gasteiger partial charge in [0.1, 0.15) is 5.69 Å². The lowest BCUT2D eigenvalue weighted by Gasteiger charge is -2.38. The highest BCUT2D eigenvalue weighted by atomic mass is 16.6. The van der Waals surface area contributed by atoms with E-state index in [0.29, 0.717) is 6.61 Å². The van der Waals surface area contributed by atoms with Crippen LogP contribution in [0.4, 0.5) is 0 Å². The average molecular weight is 278 g/mol. The summed E-state index contributed by atoms with van der Waals surface area (Å²) in [7, 11) is 3.64. The van der Waals surface area contributed by atoms with Crippen molar-refractivity contribution < 1.29 is 14.3 Å². The number of nitrogens with zero attached hydrogens (tertiary/aromatic N) is 2. The Hall–Kier alpha value is -1.33. The molecule has 1 amide bonds. The van der Waals surface area contributed by atoms with Gasteiger partial charge in [0.05, 0.1) is 18.3 Å². The topological polar surface area (TPSA) is 43.7 Å². The molecule has 0 aromatic carbocycles. The summed E-state index contributed by atoms with van der Waals surface area (Å²) in [6, 6.07) is 3.78. The van der Waals surface area contributed by atoms with E-state index in [1.165, 1.54) is 0 Å². The van der Waals surface area contributed by atoms with Gasteiger partial charge in [-0.05, 0) is 25.0 Å². The van der Waals surface area contributed by atoms with Crippen LogP contribution >= 0.6 is 0 Å². The number of likely N-dealkylation sites (tertiary alicyclic amines) is 1. The van der Waals surface area contributed by atoms with Gasteiger partial charge >= 0.3 is 0 Å². The lowest BCUT2D eigenvalue weighted by Crippen LogP contribution is -2.47. The minimum atomic E-state index is -0.0638. The van der Waals surface area contributed by atoms with Crippen molar-refractivity contribution in [1.29, 1.82) is 0 Å². The molecule has 1 aromatic heterocycles. The Morgan fingerprint density at radius 3 is 2.75 bits per heavy atom. The zero-order valence-electron chi connectivity index (χ0n) is 12.2. The third-order valence-corrected chi connectivity index (χ3v) is 4.63. The number of carbonyl (C=O) groups is 1. The summed E-state index contributed by atoms with van der Waals surface area (Å²) in [4.78, 5) is 14.4. The Bertz CT molecular complexity index is 489. The van der Waals surface area contributed by atoms with Crippen LogP contribution < -0.4 is 0 Å². The van der Waals surface area contributed by atoms with Gasteiger partial charge in [-0.15, -0.1) is 0 Å². The zero-order chi connectivity index (χ0) is 14.2. The van der Waals surface area contributed by atoms with Gasteiger partial charge in [-0.1, -0.05) is 0 Å². The highest BCUT2D eigenvalue weighted by molar-refractivity contribution is 5.92. The molecule has 2 aliphatic heterocycles. The molecule has 0 bridgehead atoms. The summed E-state index contributed by atoms with van der Waals surface area (Å²) in [5.41, 5.74) is 0.689. The molecule has 110 valence electrons. The first-order valence-electron chi connectivity index (χ1n) is 7.21. The molecular weight excluding hydrogens is 256 g/mol. The highest BCUT2D eigenvalue weighted by Gasteiger charge is 2.43. The Balaban J connectivity index is 1.62. The number of amides is 1. The molecule has 0 N–H and O–H groups in total. The maximum atomic E-state index is 12.4. The maximum absolute atomic E-state index is 12.4. The van der Waals surface area contributed by atoms with Gasteiger partial charge in [0.25, 0.3) is 5.91 Å². The molecule has 0 saturated carbocycles. The van der Waals surface area contributed by atoms with Crippen LogP contribution in [0.3, 0.4) is 0 Å². The van der Waals surface area contributed by atoms with E-state index in [-0.39, 0.29) is 17.6 Å². The number of methoxy groups -OCH3 is 1. The van der Waals surface area contributed by atoms with Crippen molar-refractivity contribution in [2.75, 3.05) is 26.8 Å². The van der Waals surface area contributed by atoms with Crippen molar-refractivity contribution in [1.82, 2.24) is 9.47 Å². The summed E-state index contributed by atoms with van der Waals surface area (Å²) in [6.45, 7) is 2.21. The van der Waals surface area contributed by atoms with Crippen LogP contribution in [0.2, 0.25) is 0 Å². The Morgan fingerprint density at radius 2 is 2.20 bits per heavy atom. The zero-order valence-corrected chi connectivity index (χ0v) is 12.2. The van der Waals surface area contributed by atoms with Gasteiger partial charge < -0.3 is 18.9 Å². The van der Waals surface area contributed by atoms with Crippen molar-refractivity contribution in [3.05, 3.63) is 24.0 Å². The number of hydrogen-bond donors (Lipinski definition) is 0. The van der Waals surface area contributed by atoms with Crippen LogP contribution in [0, 0.1) is 0 Å². The molecular formula is C15H22N2O3. The quantitative estimate of drug-likeness (QED) is 0.822. The normalized spacial score (nSPS) is 25.3. The Kier molecular flexibility index (Phi) is 3.56. The van der Waals surface area contributed by atoms with Crippen LogP contribution in [0.25, 0.3) is 0 Å². The van der Waals surface area contributed by atoms with E-state index in [0.717, 1.165) is 38.0 Å². The highest BCUT2D eigenvalue weighted by Crippen LogP contribution is 2.37. The van der Waals surface area contributed by atoms with E-state index in [2.05, 4.69) is 0 Å². The molecule has 20 heavy (non-hydrogen) atoms. The fourth-order valence-electron chi connectivity index (χ4n) is 3.26. The van der Waals surface area contributed by atoms with E-state index in [4.69, 9.17) is 9.47 Å². The predicted molar refractivity (Wildman–Crippen MR) is 74.6 cm³/mol. The fourth-order valence-corrected chi connectivity index (χ4v) is 3.26. The molecule has 2 fully saturated rings. The number of aromatic nitrogens is 1. The minimum absolute atomic E-state index is 0.0638. The first-order chi connectivity index (χ1) is 9.63. The summed E-state index contributed by atoms with van der Waals surface area (Å²) >= 11 is 0. The molecule has 0 radical (unpaired) electrons. The van der Waals surface area contributed by atoms with Gasteiger partial charge in [-0.25, -0.2) is 0 Å². The van der Waals surface area contributed by atoms with Gasteiger partial charge in [0, 0.05) is 39.9 Å². The monoisotopic (exact) mass is 278 g/mol. The van der Waals surface area contributed by atoms with Crippen LogP contribution in [0.1, 0.15) is 29.8 Å². The van der Waals surface area contributed by atoms with Gasteiger partial charge in [-0.2, -0.15) is 0 Å². The number of rotatable bonds is 2. The first-order valence-corrected chi connectivity index (χ1v) is 7.21. The minimum Gasteiger partial charge on any atom is -0.379 e. The second kappa shape index (κ2) is 5.22. The maximum Gasteiger partial charge on any atom is 0.270 e. The van der Waals surface area contributed by atoms with Crippen LogP contribution in [0.15, 0.2) is 18.3 Å². The number of hydrogen-bond acceptors (Lipinski definition) is 3. The molecule has 2 aliphatic rings. The fraction of sp³-hybridized carbons (Fsp3) is 0.667. The standard InChI is InChI=1S/C15H22N2O3/c1-16-7-3-4-13(16)14(18)17-8-5-15(6-9-17)10-12(19-2)11-20-15/h3-4,7,12H,5-6,8-11H2,1-2H3/t12-/m1/s1. The van der Waals surface area contributed by atoms with Crippen LogP contribution in [0.5, 0.6) is 0 Å². The number of aryl methyl sites for hydroxylation is 1. The molecule has 3 heterocycles. The molecule has 5 nitrogen and oxygen atoms in total. The number of ether oxygens (including phenoxy) is 2. The molecule has 1 spiro atoms. The summed E-state index contributed by atoms with van der Waals surface area (Å²) in [5, 5.41) is 0. The summed E-state index contributed by atoms with van der Waals surface area (Å²) in [6.07, 6.45) is 4.88. The van der Waals surface area contributed by atoms with Crippen molar-refractivity contribution in [3.63, 3.8) is 0 Å². The van der Waals surface area contributed by atoms with Crippen molar-refractivity contribution in [2.24, 2.45) is 7.05 Å². The molecule has 0 aliphatic carbocycles. The second-order valence-corrected chi connectivity index (χ2v) is 5.85. The van der Waals surface area contributed by atoms with Crippen molar-refractivity contribution in [2.45, 2.75) is 31.0 Å². The van der Waals surface area contributed by atoms with Crippen LogP contribution in [-0.4, -0.2) is 53.9 Å². The number of piperidine rings is 1. The third kappa shape index (κ3) is 2.36. The molecule has 5 heteroatoms.